The third kappa shape index (κ3) is 3.27. The van der Waals surface area contributed by atoms with Gasteiger partial charge in [-0.15, -0.1) is 0 Å². The molecule has 0 radical (unpaired) electrons. The van der Waals surface area contributed by atoms with E-state index in [9.17, 15) is 4.79 Å². The summed E-state index contributed by atoms with van der Waals surface area (Å²) in [4.78, 5) is 10.6. The molecule has 0 aliphatic carbocycles. The third-order valence-corrected chi connectivity index (χ3v) is 1.43. The van der Waals surface area contributed by atoms with Gasteiger partial charge >= 0.3 is 13.0 Å². The first-order valence-electron chi connectivity index (χ1n) is 3.77. The maximum Gasteiger partial charge on any atom is 0.579 e. The van der Waals surface area contributed by atoms with Crippen molar-refractivity contribution in [2.75, 3.05) is 0 Å². The van der Waals surface area contributed by atoms with E-state index in [4.69, 9.17) is 10.0 Å². The molecular formula is C8H9BO4. The molecule has 1 aromatic carbocycles. The summed E-state index contributed by atoms with van der Waals surface area (Å²) in [6, 6.07) is 9.00. The summed E-state index contributed by atoms with van der Waals surface area (Å²) >= 11 is 0. The van der Waals surface area contributed by atoms with Crippen LogP contribution in [-0.2, 0) is 11.3 Å². The number of hydrogen-bond acceptors (Lipinski definition) is 4. The van der Waals surface area contributed by atoms with Crippen molar-refractivity contribution in [3.63, 3.8) is 0 Å². The van der Waals surface area contributed by atoms with Crippen molar-refractivity contribution in [2.45, 2.75) is 6.61 Å². The van der Waals surface area contributed by atoms with Gasteiger partial charge in [0.1, 0.15) is 6.61 Å². The van der Waals surface area contributed by atoms with Crippen LogP contribution >= 0.6 is 0 Å². The van der Waals surface area contributed by atoms with E-state index >= 15 is 0 Å². The number of ether oxygens (including phenoxy) is 1. The Balaban J connectivity index is 2.40. The molecule has 0 amide bonds. The van der Waals surface area contributed by atoms with Crippen molar-refractivity contribution in [3.05, 3.63) is 35.9 Å². The van der Waals surface area contributed by atoms with Crippen LogP contribution in [0.15, 0.2) is 30.3 Å². The van der Waals surface area contributed by atoms with Crippen molar-refractivity contribution < 1.29 is 19.6 Å². The van der Waals surface area contributed by atoms with E-state index in [2.05, 4.69) is 4.74 Å². The average Bonchev–Trinajstić information content (AvgIpc) is 2.15. The van der Waals surface area contributed by atoms with Gasteiger partial charge in [0.25, 0.3) is 0 Å². The van der Waals surface area contributed by atoms with Gasteiger partial charge in [0.2, 0.25) is 0 Å². The summed E-state index contributed by atoms with van der Waals surface area (Å²) in [6.45, 7) is 0.0529. The Kier molecular flexibility index (Phi) is 3.48. The lowest BCUT2D eigenvalue weighted by Gasteiger charge is -2.02. The number of hydrogen-bond donors (Lipinski definition) is 2. The van der Waals surface area contributed by atoms with Crippen LogP contribution in [0.2, 0.25) is 0 Å². The molecule has 0 saturated heterocycles. The highest BCUT2D eigenvalue weighted by molar-refractivity contribution is 6.76. The van der Waals surface area contributed by atoms with Crippen molar-refractivity contribution in [1.82, 2.24) is 0 Å². The maximum atomic E-state index is 10.6. The first-order valence-corrected chi connectivity index (χ1v) is 3.77. The number of benzene rings is 1. The van der Waals surface area contributed by atoms with Gasteiger partial charge in [-0.3, -0.25) is 4.79 Å². The average molecular weight is 180 g/mol. The molecule has 0 aromatic heterocycles. The maximum absolute atomic E-state index is 10.6. The molecule has 0 atom stereocenters. The van der Waals surface area contributed by atoms with Gasteiger partial charge in [0.05, 0.1) is 0 Å². The zero-order valence-electron chi connectivity index (χ0n) is 6.88. The second kappa shape index (κ2) is 4.64. The number of carbonyl (C=O) groups is 1. The lowest BCUT2D eigenvalue weighted by atomic mass is 9.93. The van der Waals surface area contributed by atoms with Gasteiger partial charge in [0, 0.05) is 0 Å². The fourth-order valence-corrected chi connectivity index (χ4v) is 0.803. The summed E-state index contributed by atoms with van der Waals surface area (Å²) in [7, 11) is -2.05. The van der Waals surface area contributed by atoms with E-state index in [0.717, 1.165) is 5.56 Å². The molecule has 0 fully saturated rings. The van der Waals surface area contributed by atoms with E-state index in [1.807, 2.05) is 6.07 Å². The molecule has 5 heteroatoms. The zero-order valence-corrected chi connectivity index (χ0v) is 6.88. The predicted octanol–water partition coefficient (Wildman–Crippen LogP) is 0.378. The van der Waals surface area contributed by atoms with Crippen LogP contribution in [0.4, 0.5) is 4.79 Å². The first-order chi connectivity index (χ1) is 6.20. The summed E-state index contributed by atoms with van der Waals surface area (Å²) in [5.74, 6) is -1.04. The standard InChI is InChI=1S/C8H9BO4/c10-8(9(11)12)13-6-7-4-2-1-3-5-7/h1-5,11-12H,6H2. The lowest BCUT2D eigenvalue weighted by Crippen LogP contribution is -2.26. The Bertz CT molecular complexity index is 273. The Labute approximate surface area is 75.9 Å². The highest BCUT2D eigenvalue weighted by atomic mass is 16.6. The quantitative estimate of drug-likeness (QED) is 0.659. The van der Waals surface area contributed by atoms with Crippen LogP contribution in [0.3, 0.4) is 0 Å². The summed E-state index contributed by atoms with van der Waals surface area (Å²) < 4.78 is 4.55. The monoisotopic (exact) mass is 180 g/mol. The molecule has 0 saturated carbocycles. The van der Waals surface area contributed by atoms with Crippen molar-refractivity contribution in [1.29, 1.82) is 0 Å². The topological polar surface area (TPSA) is 66.8 Å². The predicted molar refractivity (Wildman–Crippen MR) is 46.8 cm³/mol. The van der Waals surface area contributed by atoms with Gasteiger partial charge < -0.3 is 14.8 Å². The van der Waals surface area contributed by atoms with Crippen LogP contribution in [-0.4, -0.2) is 23.0 Å². The minimum absolute atomic E-state index is 0.0529. The fourth-order valence-electron chi connectivity index (χ4n) is 0.803. The molecule has 0 bridgehead atoms. The van der Waals surface area contributed by atoms with E-state index in [1.165, 1.54) is 0 Å². The van der Waals surface area contributed by atoms with Crippen LogP contribution in [0, 0.1) is 0 Å². The summed E-state index contributed by atoms with van der Waals surface area (Å²) in [5.41, 5.74) is 0.802. The van der Waals surface area contributed by atoms with Gasteiger partial charge in [-0.2, -0.15) is 0 Å². The van der Waals surface area contributed by atoms with Crippen LogP contribution in [0.25, 0.3) is 0 Å². The molecule has 13 heavy (non-hydrogen) atoms. The van der Waals surface area contributed by atoms with Crippen LogP contribution in [0.1, 0.15) is 5.56 Å². The normalized spacial score (nSPS) is 9.38. The minimum Gasteiger partial charge on any atom is -0.464 e. The van der Waals surface area contributed by atoms with Crippen molar-refractivity contribution >= 4 is 13.0 Å². The highest BCUT2D eigenvalue weighted by Gasteiger charge is 2.21. The molecule has 1 aromatic rings. The Morgan fingerprint density at radius 3 is 2.46 bits per heavy atom. The number of carbonyl (C=O) groups excluding carboxylic acids is 1. The number of rotatable bonds is 3. The van der Waals surface area contributed by atoms with Crippen LogP contribution < -0.4 is 0 Å². The zero-order chi connectivity index (χ0) is 9.68. The molecule has 0 aliphatic heterocycles. The van der Waals surface area contributed by atoms with Crippen molar-refractivity contribution in [3.8, 4) is 0 Å². The Hall–Kier alpha value is -1.33. The second-order valence-electron chi connectivity index (χ2n) is 2.47. The van der Waals surface area contributed by atoms with Gasteiger partial charge in [-0.1, -0.05) is 30.3 Å². The molecule has 0 heterocycles. The van der Waals surface area contributed by atoms with Gasteiger partial charge in [-0.25, -0.2) is 0 Å². The molecule has 4 nitrogen and oxygen atoms in total. The largest absolute Gasteiger partial charge is 0.579 e. The van der Waals surface area contributed by atoms with E-state index in [-0.39, 0.29) is 6.61 Å². The van der Waals surface area contributed by atoms with Crippen LogP contribution in [0.5, 0.6) is 0 Å². The SMILES string of the molecule is O=C(OCc1ccccc1)B(O)O. The Morgan fingerprint density at radius 1 is 1.31 bits per heavy atom. The fraction of sp³-hybridized carbons (Fsp3) is 0.125. The Morgan fingerprint density at radius 2 is 1.92 bits per heavy atom. The van der Waals surface area contributed by atoms with Gasteiger partial charge in [0.15, 0.2) is 0 Å². The molecule has 2 N–H and O–H groups in total. The van der Waals surface area contributed by atoms with E-state index < -0.39 is 13.0 Å². The second-order valence-corrected chi connectivity index (χ2v) is 2.47. The van der Waals surface area contributed by atoms with E-state index in [1.54, 1.807) is 24.3 Å². The highest BCUT2D eigenvalue weighted by Crippen LogP contribution is 2.00. The molecular weight excluding hydrogens is 171 g/mol. The lowest BCUT2D eigenvalue weighted by molar-refractivity contribution is 0.155. The van der Waals surface area contributed by atoms with E-state index in [0.29, 0.717) is 0 Å². The van der Waals surface area contributed by atoms with Crippen molar-refractivity contribution in [2.24, 2.45) is 0 Å². The molecule has 0 aliphatic rings. The molecule has 0 spiro atoms. The summed E-state index contributed by atoms with van der Waals surface area (Å²) in [6.07, 6.45) is 0. The molecule has 1 rings (SSSR count). The molecule has 0 unspecified atom stereocenters. The third-order valence-electron chi connectivity index (χ3n) is 1.43. The molecule has 68 valence electrons. The van der Waals surface area contributed by atoms with Gasteiger partial charge in [-0.05, 0) is 5.56 Å². The summed E-state index contributed by atoms with van der Waals surface area (Å²) in [5, 5.41) is 16.8. The minimum atomic E-state index is -2.05. The first kappa shape index (κ1) is 9.76. The smallest absolute Gasteiger partial charge is 0.464 e.